The molecule has 0 saturated heterocycles. The van der Waals surface area contributed by atoms with Crippen LogP contribution >= 0.6 is 0 Å². The summed E-state index contributed by atoms with van der Waals surface area (Å²) in [5.41, 5.74) is 8.62. The highest BCUT2D eigenvalue weighted by Gasteiger charge is 2.08. The number of hydrazone groups is 2. The number of benzene rings is 4. The molecule has 0 unspecified atom stereocenters. The van der Waals surface area contributed by atoms with Crippen LogP contribution in [0, 0.1) is 0 Å². The molecule has 0 radical (unpaired) electrons. The van der Waals surface area contributed by atoms with Crippen molar-refractivity contribution in [3.63, 3.8) is 0 Å². The minimum Gasteiger partial charge on any atom is -0.493 e. The van der Waals surface area contributed by atoms with Crippen molar-refractivity contribution in [3.8, 4) is 23.0 Å². The van der Waals surface area contributed by atoms with Crippen molar-refractivity contribution in [2.75, 3.05) is 14.2 Å². The third-order valence-electron chi connectivity index (χ3n) is 6.71. The number of hydrogen-bond acceptors (Lipinski definition) is 8. The van der Waals surface area contributed by atoms with E-state index >= 15 is 0 Å². The molecule has 46 heavy (non-hydrogen) atoms. The zero-order valence-electron chi connectivity index (χ0n) is 26.0. The van der Waals surface area contributed by atoms with Crippen molar-refractivity contribution in [2.45, 2.75) is 38.9 Å². The summed E-state index contributed by atoms with van der Waals surface area (Å²) in [6.45, 7) is 0.845. The Labute approximate surface area is 269 Å². The van der Waals surface area contributed by atoms with Crippen LogP contribution in [0.25, 0.3) is 0 Å². The zero-order chi connectivity index (χ0) is 32.4. The Morgan fingerprint density at radius 2 is 1.00 bits per heavy atom. The topological polar surface area (TPSA) is 120 Å². The first-order chi connectivity index (χ1) is 22.5. The lowest BCUT2D eigenvalue weighted by Crippen LogP contribution is -2.19. The Hall–Kier alpha value is -5.64. The summed E-state index contributed by atoms with van der Waals surface area (Å²) in [7, 11) is 3.14. The number of amides is 2. The number of rotatable bonds is 17. The van der Waals surface area contributed by atoms with Gasteiger partial charge in [0.2, 0.25) is 11.8 Å². The first kappa shape index (κ1) is 33.3. The highest BCUT2D eigenvalue weighted by atomic mass is 16.5. The second-order valence-corrected chi connectivity index (χ2v) is 10.2. The number of hydrogen-bond donors (Lipinski definition) is 2. The first-order valence-electron chi connectivity index (χ1n) is 14.9. The maximum Gasteiger partial charge on any atom is 0.240 e. The number of nitrogens with zero attached hydrogens (tertiary/aromatic N) is 2. The Balaban J connectivity index is 1.12. The van der Waals surface area contributed by atoms with Crippen molar-refractivity contribution < 1.29 is 28.5 Å². The standard InChI is InChI=1S/C36H38N4O6/c1-43-33-21-29(17-19-31(33)45-25-27-11-5-3-6-12-27)23-37-39-35(41)15-9-10-16-36(42)40-38-24-30-18-20-32(34(22-30)44-2)46-26-28-13-7-4-8-14-28/h3-8,11-14,17-24H,9-10,15-16,25-26H2,1-2H3,(H,39,41)(H,40,42)/b37-23-,38-24-. The van der Waals surface area contributed by atoms with Gasteiger partial charge in [0, 0.05) is 12.8 Å². The minimum atomic E-state index is -0.241. The van der Waals surface area contributed by atoms with Gasteiger partial charge in [0.1, 0.15) is 13.2 Å². The SMILES string of the molecule is COc1cc(/C=N\NC(=O)CCCCC(=O)N/N=C\c2ccc(OCc3ccccc3)c(OC)c2)ccc1OCc1ccccc1. The molecule has 4 rings (SSSR count). The van der Waals surface area contributed by atoms with E-state index < -0.39 is 0 Å². The van der Waals surface area contributed by atoms with Crippen LogP contribution < -0.4 is 29.8 Å². The quantitative estimate of drug-likeness (QED) is 0.0844. The molecule has 0 atom stereocenters. The van der Waals surface area contributed by atoms with E-state index in [-0.39, 0.29) is 24.7 Å². The highest BCUT2D eigenvalue weighted by Crippen LogP contribution is 2.29. The molecule has 0 spiro atoms. The number of methoxy groups -OCH3 is 2. The summed E-state index contributed by atoms with van der Waals surface area (Å²) in [5, 5.41) is 8.06. The molecule has 0 aliphatic carbocycles. The maximum absolute atomic E-state index is 12.2. The van der Waals surface area contributed by atoms with Crippen LogP contribution in [0.15, 0.2) is 107 Å². The largest absolute Gasteiger partial charge is 0.493 e. The van der Waals surface area contributed by atoms with Crippen LogP contribution in [0.1, 0.15) is 47.9 Å². The van der Waals surface area contributed by atoms with Crippen LogP contribution in [-0.4, -0.2) is 38.5 Å². The summed E-state index contributed by atoms with van der Waals surface area (Å²) in [6.07, 6.45) is 4.61. The number of carbonyl (C=O) groups is 2. The maximum atomic E-state index is 12.2. The molecule has 2 amide bonds. The average Bonchev–Trinajstić information content (AvgIpc) is 3.09. The molecule has 0 bridgehead atoms. The Morgan fingerprint density at radius 1 is 0.587 bits per heavy atom. The highest BCUT2D eigenvalue weighted by molar-refractivity contribution is 5.84. The summed E-state index contributed by atoms with van der Waals surface area (Å²) >= 11 is 0. The van der Waals surface area contributed by atoms with E-state index in [0.717, 1.165) is 22.3 Å². The van der Waals surface area contributed by atoms with Gasteiger partial charge in [0.25, 0.3) is 0 Å². The van der Waals surface area contributed by atoms with E-state index in [1.54, 1.807) is 38.5 Å². The molecule has 238 valence electrons. The summed E-state index contributed by atoms with van der Waals surface area (Å²) in [5.74, 6) is 1.87. The van der Waals surface area contributed by atoms with Gasteiger partial charge >= 0.3 is 0 Å². The van der Waals surface area contributed by atoms with Gasteiger partial charge in [-0.15, -0.1) is 0 Å². The predicted octanol–water partition coefficient (Wildman–Crippen LogP) is 6.02. The molecule has 4 aromatic rings. The monoisotopic (exact) mass is 622 g/mol. The Bertz CT molecular complexity index is 1490. The Kier molecular flexibility index (Phi) is 13.2. The van der Waals surface area contributed by atoms with Gasteiger partial charge in [-0.25, -0.2) is 10.9 Å². The molecule has 4 aromatic carbocycles. The van der Waals surface area contributed by atoms with Gasteiger partial charge in [-0.2, -0.15) is 10.2 Å². The van der Waals surface area contributed by atoms with Crippen molar-refractivity contribution in [3.05, 3.63) is 119 Å². The summed E-state index contributed by atoms with van der Waals surface area (Å²) < 4.78 is 22.6. The Morgan fingerprint density at radius 3 is 1.39 bits per heavy atom. The van der Waals surface area contributed by atoms with Crippen LogP contribution in [0.2, 0.25) is 0 Å². The lowest BCUT2D eigenvalue weighted by molar-refractivity contribution is -0.123. The molecular weight excluding hydrogens is 584 g/mol. The first-order valence-corrected chi connectivity index (χ1v) is 14.9. The van der Waals surface area contributed by atoms with Gasteiger partial charge in [0.05, 0.1) is 26.6 Å². The second kappa shape index (κ2) is 18.2. The summed E-state index contributed by atoms with van der Waals surface area (Å²) in [4.78, 5) is 24.4. The van der Waals surface area contributed by atoms with Gasteiger partial charge in [-0.05, 0) is 71.5 Å². The fourth-order valence-corrected chi connectivity index (χ4v) is 4.28. The van der Waals surface area contributed by atoms with E-state index in [9.17, 15) is 9.59 Å². The van der Waals surface area contributed by atoms with Gasteiger partial charge in [-0.3, -0.25) is 9.59 Å². The van der Waals surface area contributed by atoms with Gasteiger partial charge < -0.3 is 18.9 Å². The molecule has 10 nitrogen and oxygen atoms in total. The van der Waals surface area contributed by atoms with E-state index in [1.807, 2.05) is 72.8 Å². The van der Waals surface area contributed by atoms with E-state index in [1.165, 1.54) is 12.4 Å². The van der Waals surface area contributed by atoms with Gasteiger partial charge in [-0.1, -0.05) is 60.7 Å². The van der Waals surface area contributed by atoms with Gasteiger partial charge in [0.15, 0.2) is 23.0 Å². The average molecular weight is 623 g/mol. The molecule has 0 aliphatic heterocycles. The lowest BCUT2D eigenvalue weighted by atomic mass is 10.2. The van der Waals surface area contributed by atoms with Crippen molar-refractivity contribution >= 4 is 24.2 Å². The number of unbranched alkanes of at least 4 members (excludes halogenated alkanes) is 1. The number of nitrogens with one attached hydrogen (secondary N) is 2. The fourth-order valence-electron chi connectivity index (χ4n) is 4.28. The van der Waals surface area contributed by atoms with E-state index in [2.05, 4.69) is 21.1 Å². The molecule has 0 aliphatic rings. The number of carbonyl (C=O) groups excluding carboxylic acids is 2. The molecule has 2 N–H and O–H groups in total. The van der Waals surface area contributed by atoms with E-state index in [4.69, 9.17) is 18.9 Å². The second-order valence-electron chi connectivity index (χ2n) is 10.2. The molecule has 0 heterocycles. The number of ether oxygens (including phenoxy) is 4. The fraction of sp³-hybridized carbons (Fsp3) is 0.222. The molecule has 10 heteroatoms. The third kappa shape index (κ3) is 11.1. The van der Waals surface area contributed by atoms with Crippen molar-refractivity contribution in [2.24, 2.45) is 10.2 Å². The van der Waals surface area contributed by atoms with Crippen molar-refractivity contribution in [1.29, 1.82) is 0 Å². The lowest BCUT2D eigenvalue weighted by Gasteiger charge is -2.11. The smallest absolute Gasteiger partial charge is 0.240 e. The van der Waals surface area contributed by atoms with E-state index in [0.29, 0.717) is 49.1 Å². The molecule has 0 saturated carbocycles. The third-order valence-corrected chi connectivity index (χ3v) is 6.71. The predicted molar refractivity (Wildman–Crippen MR) is 177 cm³/mol. The zero-order valence-corrected chi connectivity index (χ0v) is 26.0. The molecule has 0 fully saturated rings. The normalized spacial score (nSPS) is 10.9. The van der Waals surface area contributed by atoms with Crippen LogP contribution in [-0.2, 0) is 22.8 Å². The minimum absolute atomic E-state index is 0.238. The molecule has 0 aromatic heterocycles. The van der Waals surface area contributed by atoms with Crippen LogP contribution in [0.3, 0.4) is 0 Å². The van der Waals surface area contributed by atoms with Crippen LogP contribution in [0.4, 0.5) is 0 Å². The summed E-state index contributed by atoms with van der Waals surface area (Å²) in [6, 6.07) is 30.5. The van der Waals surface area contributed by atoms with Crippen molar-refractivity contribution in [1.82, 2.24) is 10.9 Å². The van der Waals surface area contributed by atoms with Crippen LogP contribution in [0.5, 0.6) is 23.0 Å². The molecular formula is C36H38N4O6.